The Kier molecular flexibility index (Phi) is 6.87. The first kappa shape index (κ1) is 21.8. The van der Waals surface area contributed by atoms with Crippen molar-refractivity contribution in [1.29, 1.82) is 0 Å². The van der Waals surface area contributed by atoms with Crippen LogP contribution in [0.1, 0.15) is 50.1 Å². The Bertz CT molecular complexity index is 1000. The van der Waals surface area contributed by atoms with Crippen LogP contribution in [0.15, 0.2) is 23.0 Å². The highest BCUT2D eigenvalue weighted by molar-refractivity contribution is 6.00. The lowest BCUT2D eigenvalue weighted by molar-refractivity contribution is -0.135. The molecule has 8 heteroatoms. The summed E-state index contributed by atoms with van der Waals surface area (Å²) >= 11 is 0. The van der Waals surface area contributed by atoms with Gasteiger partial charge in [-0.25, -0.2) is 4.79 Å². The Morgan fingerprint density at radius 2 is 1.77 bits per heavy atom. The average molecular weight is 428 g/mol. The van der Waals surface area contributed by atoms with Gasteiger partial charge in [0.1, 0.15) is 6.04 Å². The van der Waals surface area contributed by atoms with Crippen LogP contribution in [-0.2, 0) is 23.1 Å². The van der Waals surface area contributed by atoms with E-state index >= 15 is 0 Å². The highest BCUT2D eigenvalue weighted by Crippen LogP contribution is 2.24. The van der Waals surface area contributed by atoms with Crippen molar-refractivity contribution in [2.75, 3.05) is 32.7 Å². The fourth-order valence-corrected chi connectivity index (χ4v) is 4.75. The number of carbonyl (C=O) groups excluding carboxylic acids is 2. The van der Waals surface area contributed by atoms with E-state index in [0.717, 1.165) is 50.1 Å². The zero-order chi connectivity index (χ0) is 21.8. The molecule has 0 aliphatic carbocycles. The van der Waals surface area contributed by atoms with Crippen LogP contribution in [0, 0.1) is 0 Å². The molecule has 1 aromatic carbocycles. The number of aryl methyl sites for hydroxylation is 2. The summed E-state index contributed by atoms with van der Waals surface area (Å²) in [5, 5.41) is 5.74. The van der Waals surface area contributed by atoms with Crippen LogP contribution in [0.5, 0.6) is 0 Å². The number of benzene rings is 1. The van der Waals surface area contributed by atoms with Gasteiger partial charge < -0.3 is 10.2 Å². The molecule has 2 aliphatic rings. The molecule has 4 rings (SSSR count). The summed E-state index contributed by atoms with van der Waals surface area (Å²) in [6.45, 7) is 5.74. The van der Waals surface area contributed by atoms with E-state index in [1.54, 1.807) is 11.6 Å². The molecular weight excluding hydrogens is 394 g/mol. The number of aromatic nitrogens is 2. The van der Waals surface area contributed by atoms with E-state index in [2.05, 4.69) is 27.7 Å². The largest absolute Gasteiger partial charge is 0.329 e. The van der Waals surface area contributed by atoms with Gasteiger partial charge in [-0.2, -0.15) is 0 Å². The third kappa shape index (κ3) is 4.91. The van der Waals surface area contributed by atoms with Crippen molar-refractivity contribution in [3.8, 4) is 0 Å². The van der Waals surface area contributed by atoms with Crippen LogP contribution in [0.25, 0.3) is 11.0 Å². The number of amides is 2. The maximum Gasteiger partial charge on any atom is 0.329 e. The highest BCUT2D eigenvalue weighted by Gasteiger charge is 2.31. The van der Waals surface area contributed by atoms with Crippen molar-refractivity contribution in [2.24, 2.45) is 7.05 Å². The van der Waals surface area contributed by atoms with E-state index in [1.165, 1.54) is 35.9 Å². The van der Waals surface area contributed by atoms with Gasteiger partial charge in [-0.15, -0.1) is 0 Å². The van der Waals surface area contributed by atoms with E-state index < -0.39 is 11.9 Å². The van der Waals surface area contributed by atoms with Crippen LogP contribution < -0.4 is 16.3 Å². The quantitative estimate of drug-likeness (QED) is 0.490. The molecule has 2 fully saturated rings. The monoisotopic (exact) mass is 427 g/mol. The highest BCUT2D eigenvalue weighted by atomic mass is 16.2. The zero-order valence-corrected chi connectivity index (χ0v) is 18.4. The van der Waals surface area contributed by atoms with Crippen LogP contribution in [0.4, 0.5) is 0 Å². The first-order valence-electron chi connectivity index (χ1n) is 11.5. The smallest absolute Gasteiger partial charge is 0.314 e. The number of nitrogens with zero attached hydrogens (tertiary/aromatic N) is 3. The van der Waals surface area contributed by atoms with Gasteiger partial charge in [0.25, 0.3) is 0 Å². The number of hydrogen-bond acceptors (Lipinski definition) is 5. The second-order valence-electron chi connectivity index (χ2n) is 8.76. The average Bonchev–Trinajstić information content (AvgIpc) is 3.01. The van der Waals surface area contributed by atoms with Crippen molar-refractivity contribution in [3.05, 3.63) is 34.2 Å². The maximum atomic E-state index is 12.8. The summed E-state index contributed by atoms with van der Waals surface area (Å²) < 4.78 is 3.15. The Morgan fingerprint density at radius 1 is 1.00 bits per heavy atom. The van der Waals surface area contributed by atoms with Gasteiger partial charge in [0.2, 0.25) is 11.8 Å². The molecule has 0 saturated carbocycles. The number of fused-ring (bicyclic) bond motifs is 1. The van der Waals surface area contributed by atoms with E-state index in [1.807, 2.05) is 6.07 Å². The van der Waals surface area contributed by atoms with Gasteiger partial charge in [0.05, 0.1) is 11.0 Å². The Morgan fingerprint density at radius 3 is 2.55 bits per heavy atom. The minimum absolute atomic E-state index is 0.213. The van der Waals surface area contributed by atoms with Gasteiger partial charge in [-0.05, 0) is 49.9 Å². The summed E-state index contributed by atoms with van der Waals surface area (Å²) in [6.07, 6.45) is 6.45. The molecule has 0 bridgehead atoms. The van der Waals surface area contributed by atoms with E-state index in [9.17, 15) is 14.4 Å². The SMILES string of the molecule is Cn1c(=O)n(C2CCC(=O)NC2=O)c2ccc(CCCCCCN3CCNCC3)cc21. The Labute approximate surface area is 182 Å². The Balaban J connectivity index is 1.35. The van der Waals surface area contributed by atoms with Crippen molar-refractivity contribution in [3.63, 3.8) is 0 Å². The maximum absolute atomic E-state index is 12.8. The molecule has 2 aromatic rings. The fraction of sp³-hybridized carbons (Fsp3) is 0.609. The summed E-state index contributed by atoms with van der Waals surface area (Å²) in [6, 6.07) is 5.45. The third-order valence-electron chi connectivity index (χ3n) is 6.57. The number of unbranched alkanes of at least 4 members (excludes halogenated alkanes) is 3. The molecule has 2 N–H and O–H groups in total. The molecule has 0 radical (unpaired) electrons. The summed E-state index contributed by atoms with van der Waals surface area (Å²) in [5.74, 6) is -0.666. The number of imidazole rings is 1. The number of piperidine rings is 1. The van der Waals surface area contributed by atoms with Gasteiger partial charge in [0, 0.05) is 39.6 Å². The van der Waals surface area contributed by atoms with Crippen LogP contribution >= 0.6 is 0 Å². The summed E-state index contributed by atoms with van der Waals surface area (Å²) in [5.41, 5.74) is 2.59. The minimum atomic E-state index is -0.629. The standard InChI is InChI=1S/C23H33N5O3/c1-26-20-16-17(6-4-2-3-5-13-27-14-11-24-12-15-27)7-8-18(20)28(23(26)31)19-9-10-21(29)25-22(19)30/h7-8,16,19,24H,2-6,9-15H2,1H3,(H,25,29,30). The molecule has 2 amide bonds. The van der Waals surface area contributed by atoms with E-state index in [-0.39, 0.29) is 18.0 Å². The molecule has 1 unspecified atom stereocenters. The molecule has 0 spiro atoms. The van der Waals surface area contributed by atoms with Crippen molar-refractivity contribution in [1.82, 2.24) is 24.7 Å². The number of rotatable bonds is 8. The predicted octanol–water partition coefficient (Wildman–Crippen LogP) is 1.33. The summed E-state index contributed by atoms with van der Waals surface area (Å²) in [4.78, 5) is 39.1. The minimum Gasteiger partial charge on any atom is -0.314 e. The van der Waals surface area contributed by atoms with Crippen LogP contribution in [0.2, 0.25) is 0 Å². The van der Waals surface area contributed by atoms with Crippen LogP contribution in [0.3, 0.4) is 0 Å². The van der Waals surface area contributed by atoms with Gasteiger partial charge >= 0.3 is 5.69 Å². The zero-order valence-electron chi connectivity index (χ0n) is 18.4. The van der Waals surface area contributed by atoms with Crippen molar-refractivity contribution in [2.45, 2.75) is 51.0 Å². The number of nitrogens with one attached hydrogen (secondary N) is 2. The van der Waals surface area contributed by atoms with Gasteiger partial charge in [-0.1, -0.05) is 18.9 Å². The second kappa shape index (κ2) is 9.78. The molecule has 2 aliphatic heterocycles. The number of hydrogen-bond donors (Lipinski definition) is 2. The number of carbonyl (C=O) groups is 2. The van der Waals surface area contributed by atoms with Crippen molar-refractivity contribution < 1.29 is 9.59 Å². The molecule has 8 nitrogen and oxygen atoms in total. The van der Waals surface area contributed by atoms with Crippen LogP contribution in [-0.4, -0.2) is 58.6 Å². The molecule has 1 atom stereocenters. The topological polar surface area (TPSA) is 88.4 Å². The lowest BCUT2D eigenvalue weighted by atomic mass is 10.0. The summed E-state index contributed by atoms with van der Waals surface area (Å²) in [7, 11) is 1.74. The number of piperazine rings is 1. The molecule has 31 heavy (non-hydrogen) atoms. The first-order chi connectivity index (χ1) is 15.0. The molecule has 2 saturated heterocycles. The number of imide groups is 1. The molecule has 3 heterocycles. The first-order valence-corrected chi connectivity index (χ1v) is 11.5. The molecular formula is C23H33N5O3. The van der Waals surface area contributed by atoms with Gasteiger partial charge in [-0.3, -0.25) is 24.0 Å². The van der Waals surface area contributed by atoms with Crippen molar-refractivity contribution >= 4 is 22.8 Å². The van der Waals surface area contributed by atoms with Gasteiger partial charge in [0.15, 0.2) is 0 Å². The lowest BCUT2D eigenvalue weighted by Gasteiger charge is -2.27. The molecule has 1 aromatic heterocycles. The van der Waals surface area contributed by atoms with E-state index in [4.69, 9.17) is 0 Å². The lowest BCUT2D eigenvalue weighted by Crippen LogP contribution is -2.44. The fourth-order valence-electron chi connectivity index (χ4n) is 4.75. The third-order valence-corrected chi connectivity index (χ3v) is 6.57. The second-order valence-corrected chi connectivity index (χ2v) is 8.76. The van der Waals surface area contributed by atoms with E-state index in [0.29, 0.717) is 6.42 Å². The normalized spacial score (nSPS) is 20.4. The predicted molar refractivity (Wildman–Crippen MR) is 120 cm³/mol. The molecule has 168 valence electrons. The Hall–Kier alpha value is -2.45.